The minimum atomic E-state index is -0.411. The summed E-state index contributed by atoms with van der Waals surface area (Å²) in [6.07, 6.45) is 5.23. The normalized spacial score (nSPS) is 21.8. The number of aliphatic hydroxyl groups is 1. The number of rotatable bonds is 4. The summed E-state index contributed by atoms with van der Waals surface area (Å²) in [7, 11) is 0. The summed E-state index contributed by atoms with van der Waals surface area (Å²) in [5, 5.41) is 9.58. The predicted octanol–water partition coefficient (Wildman–Crippen LogP) is 2.76. The number of aliphatic hydroxyl groups excluding tert-OH is 1. The van der Waals surface area contributed by atoms with Crippen LogP contribution in [0.5, 0.6) is 0 Å². The number of hydrogen-bond acceptors (Lipinski definition) is 3. The first kappa shape index (κ1) is 12.4. The lowest BCUT2D eigenvalue weighted by molar-refractivity contribution is 0.199. The maximum Gasteiger partial charge on any atom is 0.128 e. The van der Waals surface area contributed by atoms with Crippen molar-refractivity contribution in [3.8, 4) is 0 Å². The highest BCUT2D eigenvalue weighted by Gasteiger charge is 2.22. The molecular weight excluding hydrogens is 212 g/mol. The molecule has 17 heavy (non-hydrogen) atoms. The zero-order chi connectivity index (χ0) is 12.3. The maximum absolute atomic E-state index is 9.58. The Balaban J connectivity index is 2.05. The molecule has 1 saturated heterocycles. The van der Waals surface area contributed by atoms with Gasteiger partial charge < -0.3 is 10.0 Å². The molecule has 3 heteroatoms. The van der Waals surface area contributed by atoms with Crippen LogP contribution in [0.15, 0.2) is 18.3 Å². The van der Waals surface area contributed by atoms with Crippen LogP contribution in [0.4, 0.5) is 5.82 Å². The van der Waals surface area contributed by atoms with E-state index >= 15 is 0 Å². The number of anilines is 1. The molecule has 0 aliphatic carbocycles. The average Bonchev–Trinajstić information content (AvgIpc) is 2.78. The molecule has 1 unspecified atom stereocenters. The van der Waals surface area contributed by atoms with E-state index in [2.05, 4.69) is 16.8 Å². The van der Waals surface area contributed by atoms with E-state index in [0.717, 1.165) is 30.4 Å². The largest absolute Gasteiger partial charge is 0.389 e. The first-order valence-electron chi connectivity index (χ1n) is 6.59. The molecule has 0 aromatic carbocycles. The molecule has 1 N–H and O–H groups in total. The molecule has 3 nitrogen and oxygen atoms in total. The standard InChI is InChI=1S/C14H22N2O/c1-3-4-12-6-8-16(10-12)14-9-13(11(2)17)5-7-15-14/h5,7,9,11-12,17H,3-4,6,8,10H2,1-2H3/t11-,12?/m0/s1. The van der Waals surface area contributed by atoms with Gasteiger partial charge in [0.2, 0.25) is 0 Å². The highest BCUT2D eigenvalue weighted by Crippen LogP contribution is 2.26. The van der Waals surface area contributed by atoms with Gasteiger partial charge in [0.1, 0.15) is 5.82 Å². The topological polar surface area (TPSA) is 36.4 Å². The minimum absolute atomic E-state index is 0.411. The van der Waals surface area contributed by atoms with Crippen molar-refractivity contribution in [2.24, 2.45) is 5.92 Å². The van der Waals surface area contributed by atoms with E-state index < -0.39 is 6.10 Å². The number of hydrogen-bond donors (Lipinski definition) is 1. The van der Waals surface area contributed by atoms with Gasteiger partial charge in [-0.2, -0.15) is 0 Å². The Bertz CT molecular complexity index is 365. The summed E-state index contributed by atoms with van der Waals surface area (Å²) >= 11 is 0. The van der Waals surface area contributed by atoms with Crippen LogP contribution < -0.4 is 4.90 Å². The van der Waals surface area contributed by atoms with Crippen LogP contribution in [0.25, 0.3) is 0 Å². The summed E-state index contributed by atoms with van der Waals surface area (Å²) in [6.45, 7) is 6.25. The molecule has 1 aromatic rings. The van der Waals surface area contributed by atoms with Gasteiger partial charge in [-0.25, -0.2) is 4.98 Å². The van der Waals surface area contributed by atoms with Crippen molar-refractivity contribution in [3.05, 3.63) is 23.9 Å². The monoisotopic (exact) mass is 234 g/mol. The van der Waals surface area contributed by atoms with E-state index in [0.29, 0.717) is 0 Å². The highest BCUT2D eigenvalue weighted by molar-refractivity contribution is 5.42. The van der Waals surface area contributed by atoms with Crippen molar-refractivity contribution in [3.63, 3.8) is 0 Å². The third-order valence-electron chi connectivity index (χ3n) is 3.56. The van der Waals surface area contributed by atoms with Crippen molar-refractivity contribution in [1.82, 2.24) is 4.98 Å². The number of aromatic nitrogens is 1. The van der Waals surface area contributed by atoms with Gasteiger partial charge in [0.15, 0.2) is 0 Å². The molecule has 2 heterocycles. The van der Waals surface area contributed by atoms with Gasteiger partial charge in [-0.15, -0.1) is 0 Å². The van der Waals surface area contributed by atoms with Crippen molar-refractivity contribution in [2.75, 3.05) is 18.0 Å². The molecule has 0 radical (unpaired) electrons. The molecule has 0 amide bonds. The second-order valence-electron chi connectivity index (χ2n) is 5.01. The van der Waals surface area contributed by atoms with Gasteiger partial charge in [0.05, 0.1) is 6.10 Å². The summed E-state index contributed by atoms with van der Waals surface area (Å²) in [4.78, 5) is 6.75. The van der Waals surface area contributed by atoms with Crippen molar-refractivity contribution in [1.29, 1.82) is 0 Å². The van der Waals surface area contributed by atoms with Gasteiger partial charge in [-0.1, -0.05) is 13.3 Å². The smallest absolute Gasteiger partial charge is 0.128 e. The summed E-state index contributed by atoms with van der Waals surface area (Å²) < 4.78 is 0. The molecule has 1 aliphatic heterocycles. The van der Waals surface area contributed by atoms with E-state index in [9.17, 15) is 5.11 Å². The third-order valence-corrected chi connectivity index (χ3v) is 3.56. The zero-order valence-corrected chi connectivity index (χ0v) is 10.8. The lowest BCUT2D eigenvalue weighted by Gasteiger charge is -2.18. The molecule has 1 aromatic heterocycles. The molecule has 0 spiro atoms. The summed E-state index contributed by atoms with van der Waals surface area (Å²) in [5.41, 5.74) is 0.953. The average molecular weight is 234 g/mol. The Morgan fingerprint density at radius 3 is 3.12 bits per heavy atom. The van der Waals surface area contributed by atoms with Gasteiger partial charge >= 0.3 is 0 Å². The van der Waals surface area contributed by atoms with E-state index in [1.165, 1.54) is 19.3 Å². The second kappa shape index (κ2) is 5.50. The molecule has 2 rings (SSSR count). The summed E-state index contributed by atoms with van der Waals surface area (Å²) in [6, 6.07) is 3.90. The molecule has 1 aliphatic rings. The second-order valence-corrected chi connectivity index (χ2v) is 5.01. The fraction of sp³-hybridized carbons (Fsp3) is 0.643. The molecule has 2 atom stereocenters. The third kappa shape index (κ3) is 2.97. The SMILES string of the molecule is CCCC1CCN(c2cc([C@H](C)O)ccn2)C1. The van der Waals surface area contributed by atoms with Crippen molar-refractivity contribution >= 4 is 5.82 Å². The Morgan fingerprint density at radius 2 is 2.41 bits per heavy atom. The van der Waals surface area contributed by atoms with Crippen LogP contribution in [0.2, 0.25) is 0 Å². The quantitative estimate of drug-likeness (QED) is 0.870. The first-order chi connectivity index (χ1) is 8.20. The van der Waals surface area contributed by atoms with Gasteiger partial charge in [0.25, 0.3) is 0 Å². The fourth-order valence-corrected chi connectivity index (χ4v) is 2.55. The molecule has 1 fully saturated rings. The van der Waals surface area contributed by atoms with Gasteiger partial charge in [0, 0.05) is 19.3 Å². The minimum Gasteiger partial charge on any atom is -0.389 e. The van der Waals surface area contributed by atoms with Crippen LogP contribution >= 0.6 is 0 Å². The number of nitrogens with zero attached hydrogens (tertiary/aromatic N) is 2. The number of pyridine rings is 1. The molecule has 0 bridgehead atoms. The Hall–Kier alpha value is -1.09. The van der Waals surface area contributed by atoms with E-state index in [1.54, 1.807) is 13.1 Å². The maximum atomic E-state index is 9.58. The van der Waals surface area contributed by atoms with Crippen LogP contribution in [0, 0.1) is 5.92 Å². The first-order valence-corrected chi connectivity index (χ1v) is 6.59. The van der Waals surface area contributed by atoms with Crippen molar-refractivity contribution in [2.45, 2.75) is 39.2 Å². The van der Waals surface area contributed by atoms with Crippen LogP contribution in [-0.4, -0.2) is 23.2 Å². The molecular formula is C14H22N2O. The van der Waals surface area contributed by atoms with E-state index in [1.807, 2.05) is 12.1 Å². The summed E-state index contributed by atoms with van der Waals surface area (Å²) in [5.74, 6) is 1.83. The Morgan fingerprint density at radius 1 is 1.59 bits per heavy atom. The van der Waals surface area contributed by atoms with Crippen molar-refractivity contribution < 1.29 is 5.11 Å². The van der Waals surface area contributed by atoms with Gasteiger partial charge in [-0.3, -0.25) is 0 Å². The van der Waals surface area contributed by atoms with E-state index in [-0.39, 0.29) is 0 Å². The van der Waals surface area contributed by atoms with Crippen LogP contribution in [-0.2, 0) is 0 Å². The predicted molar refractivity (Wildman–Crippen MR) is 70.1 cm³/mol. The van der Waals surface area contributed by atoms with Crippen LogP contribution in [0.3, 0.4) is 0 Å². The Kier molecular flexibility index (Phi) is 4.00. The lowest BCUT2D eigenvalue weighted by Crippen LogP contribution is -2.21. The van der Waals surface area contributed by atoms with Gasteiger partial charge in [-0.05, 0) is 43.4 Å². The highest BCUT2D eigenvalue weighted by atomic mass is 16.3. The zero-order valence-electron chi connectivity index (χ0n) is 10.8. The van der Waals surface area contributed by atoms with E-state index in [4.69, 9.17) is 0 Å². The molecule has 94 valence electrons. The lowest BCUT2D eigenvalue weighted by atomic mass is 10.0. The van der Waals surface area contributed by atoms with Crippen LogP contribution in [0.1, 0.15) is 44.8 Å². The molecule has 0 saturated carbocycles. The fourth-order valence-electron chi connectivity index (χ4n) is 2.55. The Labute approximate surface area is 103 Å².